The van der Waals surface area contributed by atoms with Crippen LogP contribution >= 0.6 is 0 Å². The van der Waals surface area contributed by atoms with Crippen LogP contribution in [-0.2, 0) is 20.1 Å². The van der Waals surface area contributed by atoms with Gasteiger partial charge >= 0.3 is 0 Å². The van der Waals surface area contributed by atoms with Crippen LogP contribution in [0.25, 0.3) is 22.1 Å². The van der Waals surface area contributed by atoms with Gasteiger partial charge in [0.2, 0.25) is 0 Å². The molecule has 0 atom stereocenters. The van der Waals surface area contributed by atoms with E-state index < -0.39 is 0 Å². The van der Waals surface area contributed by atoms with Crippen LogP contribution in [0.15, 0.2) is 66.8 Å². The van der Waals surface area contributed by atoms with Crippen molar-refractivity contribution < 1.29 is 20.1 Å². The summed E-state index contributed by atoms with van der Waals surface area (Å²) < 4.78 is 0. The van der Waals surface area contributed by atoms with Crippen LogP contribution in [0.2, 0.25) is 0 Å². The van der Waals surface area contributed by atoms with Crippen LogP contribution in [0, 0.1) is 6.07 Å². The smallest absolute Gasteiger partial charge is 0 e. The van der Waals surface area contributed by atoms with Gasteiger partial charge in [-0.15, -0.1) is 47.0 Å². The molecule has 103 valence electrons. The summed E-state index contributed by atoms with van der Waals surface area (Å²) in [7, 11) is 0. The SMILES string of the molecule is C/C(=C\C=C/C=[N-])c1[c-]ccc(-c2ccccc2)c1.[Ir]. The number of hydrogen-bond donors (Lipinski definition) is 0. The number of nitrogens with zero attached hydrogens (tertiary/aromatic N) is 1. The van der Waals surface area contributed by atoms with E-state index in [2.05, 4.69) is 30.3 Å². The molecule has 1 nitrogen and oxygen atoms in total. The van der Waals surface area contributed by atoms with E-state index >= 15 is 0 Å². The zero-order chi connectivity index (χ0) is 13.5. The van der Waals surface area contributed by atoms with Gasteiger partial charge in [0.25, 0.3) is 0 Å². The van der Waals surface area contributed by atoms with Crippen molar-refractivity contribution in [2.45, 2.75) is 6.92 Å². The molecule has 0 aliphatic heterocycles. The Kier molecular flexibility index (Phi) is 6.86. The Hall–Kier alpha value is -1.76. The van der Waals surface area contributed by atoms with Crippen LogP contribution in [0.5, 0.6) is 0 Å². The van der Waals surface area contributed by atoms with Crippen LogP contribution < -0.4 is 0 Å². The van der Waals surface area contributed by atoms with Gasteiger partial charge in [0, 0.05) is 20.1 Å². The average Bonchev–Trinajstić information content (AvgIpc) is 2.48. The molecular weight excluding hydrogens is 422 g/mol. The second-order valence-electron chi connectivity index (χ2n) is 4.24. The van der Waals surface area contributed by atoms with Crippen LogP contribution in [0.4, 0.5) is 0 Å². The van der Waals surface area contributed by atoms with E-state index in [1.54, 1.807) is 12.2 Å². The fourth-order valence-electron chi connectivity index (χ4n) is 1.84. The average molecular weight is 438 g/mol. The molecule has 2 aromatic carbocycles. The third kappa shape index (κ3) is 4.41. The maximum Gasteiger partial charge on any atom is 0 e. The summed E-state index contributed by atoms with van der Waals surface area (Å²) in [5.41, 5.74) is 4.55. The molecule has 1 radical (unpaired) electrons. The van der Waals surface area contributed by atoms with E-state index in [-0.39, 0.29) is 20.1 Å². The Labute approximate surface area is 133 Å². The maximum atomic E-state index is 8.59. The molecule has 0 bridgehead atoms. The van der Waals surface area contributed by atoms with E-state index in [0.29, 0.717) is 0 Å². The van der Waals surface area contributed by atoms with Crippen LogP contribution in [0.3, 0.4) is 0 Å². The monoisotopic (exact) mass is 438 g/mol. The molecule has 0 saturated heterocycles. The fourth-order valence-corrected chi connectivity index (χ4v) is 1.84. The molecule has 0 aromatic heterocycles. The minimum absolute atomic E-state index is 0. The molecule has 20 heavy (non-hydrogen) atoms. The van der Waals surface area contributed by atoms with Crippen molar-refractivity contribution in [3.8, 4) is 11.1 Å². The summed E-state index contributed by atoms with van der Waals surface area (Å²) in [6, 6.07) is 19.6. The number of hydrogen-bond acceptors (Lipinski definition) is 0. The Morgan fingerprint density at radius 3 is 2.50 bits per heavy atom. The minimum atomic E-state index is 0. The first kappa shape index (κ1) is 16.3. The van der Waals surface area contributed by atoms with Crippen molar-refractivity contribution >= 4 is 11.8 Å². The molecule has 0 saturated carbocycles. The molecule has 0 unspecified atom stereocenters. The second kappa shape index (κ2) is 8.42. The second-order valence-corrected chi connectivity index (χ2v) is 4.24. The summed E-state index contributed by atoms with van der Waals surface area (Å²) >= 11 is 0. The normalized spacial score (nSPS) is 11.2. The number of allylic oxidation sites excluding steroid dienone is 4. The van der Waals surface area contributed by atoms with Crippen LogP contribution in [-0.4, -0.2) is 6.21 Å². The first-order chi connectivity index (χ1) is 9.31. The largest absolute Gasteiger partial charge is 0.811 e. The zero-order valence-electron chi connectivity index (χ0n) is 11.2. The van der Waals surface area contributed by atoms with Crippen molar-refractivity contribution in [2.75, 3.05) is 0 Å². The molecule has 0 N–H and O–H groups in total. The Morgan fingerprint density at radius 1 is 1.05 bits per heavy atom. The minimum Gasteiger partial charge on any atom is -0.811 e. The molecule has 2 rings (SSSR count). The topological polar surface area (TPSA) is 22.3 Å². The van der Waals surface area contributed by atoms with Gasteiger partial charge < -0.3 is 5.41 Å². The Morgan fingerprint density at radius 2 is 1.80 bits per heavy atom. The first-order valence-electron chi connectivity index (χ1n) is 6.20. The zero-order valence-corrected chi connectivity index (χ0v) is 13.6. The van der Waals surface area contributed by atoms with E-state index in [0.717, 1.165) is 17.4 Å². The van der Waals surface area contributed by atoms with Gasteiger partial charge in [-0.25, -0.2) is 0 Å². The summed E-state index contributed by atoms with van der Waals surface area (Å²) in [5.74, 6) is 0. The van der Waals surface area contributed by atoms with Crippen molar-refractivity contribution in [2.24, 2.45) is 0 Å². The Bertz CT molecular complexity index is 612. The van der Waals surface area contributed by atoms with Gasteiger partial charge in [0.15, 0.2) is 0 Å². The molecule has 0 amide bonds. The van der Waals surface area contributed by atoms with Gasteiger partial charge in [0.1, 0.15) is 0 Å². The fraction of sp³-hybridized carbons (Fsp3) is 0.0556. The van der Waals surface area contributed by atoms with Crippen LogP contribution in [0.1, 0.15) is 12.5 Å². The molecule has 0 aliphatic carbocycles. The van der Waals surface area contributed by atoms with E-state index in [4.69, 9.17) is 5.41 Å². The predicted octanol–water partition coefficient (Wildman–Crippen LogP) is 4.75. The summed E-state index contributed by atoms with van der Waals surface area (Å²) in [6.45, 7) is 2.03. The molecule has 0 fully saturated rings. The van der Waals surface area contributed by atoms with Crippen molar-refractivity contribution in [1.82, 2.24) is 0 Å². The summed E-state index contributed by atoms with van der Waals surface area (Å²) in [5, 5.41) is 8.59. The van der Waals surface area contributed by atoms with Gasteiger partial charge in [-0.05, 0) is 5.56 Å². The summed E-state index contributed by atoms with van der Waals surface area (Å²) in [4.78, 5) is 0. The van der Waals surface area contributed by atoms with E-state index in [9.17, 15) is 0 Å². The quantitative estimate of drug-likeness (QED) is 0.374. The standard InChI is InChI=1S/C18H15N.Ir/c1-15(8-5-6-13-19)17-11-7-12-18(14-17)16-9-3-2-4-10-16;/h2-10,12-14H,1H3;/q-2;/b6-5-,15-8+;. The molecular formula is C18H15IrN-2. The Balaban J connectivity index is 0.00000200. The maximum absolute atomic E-state index is 8.59. The summed E-state index contributed by atoms with van der Waals surface area (Å²) in [6.07, 6.45) is 6.37. The van der Waals surface area contributed by atoms with Crippen molar-refractivity contribution in [3.63, 3.8) is 0 Å². The van der Waals surface area contributed by atoms with Gasteiger partial charge in [-0.1, -0.05) is 49.4 Å². The molecule has 2 heteroatoms. The molecule has 0 spiro atoms. The van der Waals surface area contributed by atoms with Gasteiger partial charge in [0.05, 0.1) is 0 Å². The molecule has 0 heterocycles. The van der Waals surface area contributed by atoms with Gasteiger partial charge in [-0.3, -0.25) is 0 Å². The molecule has 0 aliphatic rings. The third-order valence-corrected chi connectivity index (χ3v) is 2.88. The third-order valence-electron chi connectivity index (χ3n) is 2.88. The van der Waals surface area contributed by atoms with Gasteiger partial charge in [-0.2, -0.15) is 6.21 Å². The predicted molar refractivity (Wildman–Crippen MR) is 82.9 cm³/mol. The van der Waals surface area contributed by atoms with E-state index in [1.165, 1.54) is 11.1 Å². The molecule has 2 aromatic rings. The van der Waals surface area contributed by atoms with Crippen molar-refractivity contribution in [1.29, 1.82) is 0 Å². The van der Waals surface area contributed by atoms with E-state index in [1.807, 2.05) is 37.3 Å². The number of rotatable bonds is 4. The van der Waals surface area contributed by atoms with Crippen molar-refractivity contribution in [3.05, 3.63) is 83.8 Å². The number of benzene rings is 2. The first-order valence-corrected chi connectivity index (χ1v) is 6.20.